The second-order valence-corrected chi connectivity index (χ2v) is 11.9. The summed E-state index contributed by atoms with van der Waals surface area (Å²) < 4.78 is 8.65. The van der Waals surface area contributed by atoms with E-state index >= 15 is 0 Å². The number of hydrogen-bond donors (Lipinski definition) is 0. The van der Waals surface area contributed by atoms with E-state index in [0.717, 1.165) is 33.3 Å². The number of aryl methyl sites for hydroxylation is 3. The lowest BCUT2D eigenvalue weighted by molar-refractivity contribution is -0.660. The van der Waals surface area contributed by atoms with Gasteiger partial charge in [-0.15, -0.1) is 0 Å². The molecule has 10 rings (SSSR count). The molecule has 0 fully saturated rings. The number of rotatable bonds is 2. The maximum Gasteiger partial charge on any atom is 0.227 e. The van der Waals surface area contributed by atoms with Crippen LogP contribution in [0.3, 0.4) is 0 Å². The van der Waals surface area contributed by atoms with Crippen LogP contribution in [-0.2, 0) is 7.05 Å². The fourth-order valence-corrected chi connectivity index (χ4v) is 7.57. The van der Waals surface area contributed by atoms with Crippen LogP contribution in [0.15, 0.2) is 114 Å². The van der Waals surface area contributed by atoms with Crippen LogP contribution in [0, 0.1) is 13.8 Å². The Bertz CT molecular complexity index is 2210. The van der Waals surface area contributed by atoms with E-state index < -0.39 is 0 Å². The molecule has 0 radical (unpaired) electrons. The summed E-state index contributed by atoms with van der Waals surface area (Å²) in [5.41, 5.74) is 17.1. The normalized spacial score (nSPS) is 16.5. The highest BCUT2D eigenvalue weighted by molar-refractivity contribution is 6.08. The Morgan fingerprint density at radius 3 is 1.95 bits per heavy atom. The van der Waals surface area contributed by atoms with Gasteiger partial charge in [-0.1, -0.05) is 72.8 Å². The van der Waals surface area contributed by atoms with Crippen LogP contribution in [0.25, 0.3) is 44.5 Å². The van der Waals surface area contributed by atoms with Crippen molar-refractivity contribution in [1.29, 1.82) is 0 Å². The molecular weight excluding hydrogens is 512 g/mol. The van der Waals surface area contributed by atoms with E-state index in [-0.39, 0.29) is 5.92 Å². The summed E-state index contributed by atoms with van der Waals surface area (Å²) >= 11 is 0. The van der Waals surface area contributed by atoms with Gasteiger partial charge in [0.25, 0.3) is 0 Å². The monoisotopic (exact) mass is 541 g/mol. The second-order valence-electron chi connectivity index (χ2n) is 11.9. The summed E-state index contributed by atoms with van der Waals surface area (Å²) in [7, 11) is 2.11. The second kappa shape index (κ2) is 8.50. The van der Waals surface area contributed by atoms with Gasteiger partial charge in [0.05, 0.1) is 5.56 Å². The zero-order valence-corrected chi connectivity index (χ0v) is 23.8. The van der Waals surface area contributed by atoms with Gasteiger partial charge >= 0.3 is 0 Å². The van der Waals surface area contributed by atoms with Crippen LogP contribution in [0.5, 0.6) is 0 Å². The molecule has 0 spiro atoms. The first-order valence-electron chi connectivity index (χ1n) is 14.7. The lowest BCUT2D eigenvalue weighted by Crippen LogP contribution is -2.30. The van der Waals surface area contributed by atoms with Crippen LogP contribution < -0.4 is 4.57 Å². The molecule has 3 aliphatic carbocycles. The Morgan fingerprint density at radius 2 is 1.24 bits per heavy atom. The molecule has 3 heteroatoms. The van der Waals surface area contributed by atoms with Crippen molar-refractivity contribution in [2.24, 2.45) is 7.05 Å². The third-order valence-electron chi connectivity index (χ3n) is 9.54. The van der Waals surface area contributed by atoms with Crippen molar-refractivity contribution in [2.75, 3.05) is 0 Å². The van der Waals surface area contributed by atoms with E-state index in [2.05, 4.69) is 133 Å². The Hall–Kier alpha value is -5.02. The molecule has 0 N–H and O–H groups in total. The van der Waals surface area contributed by atoms with Gasteiger partial charge < -0.3 is 4.42 Å². The molecule has 0 amide bonds. The first-order chi connectivity index (χ1) is 20.6. The van der Waals surface area contributed by atoms with Gasteiger partial charge in [0.1, 0.15) is 7.05 Å². The summed E-state index contributed by atoms with van der Waals surface area (Å²) in [6.45, 7) is 4.17. The molecule has 3 nitrogen and oxygen atoms in total. The molecule has 42 heavy (non-hydrogen) atoms. The third-order valence-corrected chi connectivity index (χ3v) is 9.54. The maximum atomic E-state index is 6.45. The molecule has 2 bridgehead atoms. The lowest BCUT2D eigenvalue weighted by Gasteiger charge is -2.42. The maximum absolute atomic E-state index is 6.45. The molecule has 0 aliphatic heterocycles. The Morgan fingerprint density at radius 1 is 0.619 bits per heavy atom. The molecule has 0 saturated heterocycles. The minimum absolute atomic E-state index is 0.263. The summed E-state index contributed by atoms with van der Waals surface area (Å²) in [5.74, 6) is 0.556. The van der Waals surface area contributed by atoms with E-state index in [0.29, 0.717) is 11.6 Å². The number of pyridine rings is 2. The minimum atomic E-state index is 0.263. The summed E-state index contributed by atoms with van der Waals surface area (Å²) in [6, 6.07) is 38.2. The average Bonchev–Trinajstić information content (AvgIpc) is 3.38. The predicted octanol–water partition coefficient (Wildman–Crippen LogP) is 8.74. The fourth-order valence-electron chi connectivity index (χ4n) is 7.57. The highest BCUT2D eigenvalue weighted by Gasteiger charge is 2.41. The quantitative estimate of drug-likeness (QED) is 0.205. The Labute approximate surface area is 244 Å². The van der Waals surface area contributed by atoms with Gasteiger partial charge in [0.15, 0.2) is 11.8 Å². The van der Waals surface area contributed by atoms with Crippen LogP contribution in [0.2, 0.25) is 0 Å². The van der Waals surface area contributed by atoms with Crippen molar-refractivity contribution >= 4 is 22.1 Å². The number of hydrogen-bond acceptors (Lipinski definition) is 2. The SMILES string of the molecule is Cc1ccc2c(n1)oc1c(-c3cc(-c4ccc5c(c4)C4c6ccccc6C5c5ccccc54)cc[n+]3C)c(C)ccc12. The van der Waals surface area contributed by atoms with Crippen molar-refractivity contribution in [2.45, 2.75) is 25.7 Å². The third kappa shape index (κ3) is 3.16. The smallest absolute Gasteiger partial charge is 0.227 e. The van der Waals surface area contributed by atoms with Crippen LogP contribution in [0.4, 0.5) is 0 Å². The van der Waals surface area contributed by atoms with Crippen molar-refractivity contribution in [3.05, 3.63) is 154 Å². The molecule has 7 aromatic rings. The largest absolute Gasteiger partial charge is 0.437 e. The first kappa shape index (κ1) is 23.7. The van der Waals surface area contributed by atoms with E-state index in [4.69, 9.17) is 4.42 Å². The van der Waals surface area contributed by atoms with Gasteiger partial charge in [-0.3, -0.25) is 0 Å². The Balaban J connectivity index is 1.22. The molecular formula is C39H29N2O+. The fraction of sp³-hybridized carbons (Fsp3) is 0.128. The highest BCUT2D eigenvalue weighted by Crippen LogP contribution is 2.56. The summed E-state index contributed by atoms with van der Waals surface area (Å²) in [5, 5.41) is 2.16. The molecule has 0 saturated carbocycles. The zero-order valence-electron chi connectivity index (χ0n) is 23.8. The van der Waals surface area contributed by atoms with Crippen LogP contribution >= 0.6 is 0 Å². The number of fused-ring (bicyclic) bond motifs is 3. The lowest BCUT2D eigenvalue weighted by atomic mass is 9.61. The van der Waals surface area contributed by atoms with Gasteiger partial charge in [-0.05, 0) is 82.1 Å². The molecule has 3 aromatic heterocycles. The topological polar surface area (TPSA) is 29.9 Å². The standard InChI is InChI=1S/C39H29N2O/c1-22-12-15-31-32-16-13-23(2)40-39(32)42-38(31)35(22)34-21-25(18-19-41(34)3)24-14-17-30-33(20-24)37-28-10-6-4-8-26(28)36(30)27-9-5-7-11-29(27)37/h4-21,36-37H,1-3H3/q+1. The average molecular weight is 542 g/mol. The first-order valence-corrected chi connectivity index (χ1v) is 14.7. The van der Waals surface area contributed by atoms with E-state index in [1.165, 1.54) is 50.1 Å². The Kier molecular flexibility index (Phi) is 4.79. The molecule has 0 unspecified atom stereocenters. The van der Waals surface area contributed by atoms with Gasteiger partial charge in [-0.2, -0.15) is 0 Å². The molecule has 200 valence electrons. The highest BCUT2D eigenvalue weighted by atomic mass is 16.3. The van der Waals surface area contributed by atoms with E-state index in [1.807, 2.05) is 6.92 Å². The number of aromatic nitrogens is 2. The predicted molar refractivity (Wildman–Crippen MR) is 168 cm³/mol. The molecule has 0 atom stereocenters. The van der Waals surface area contributed by atoms with Crippen molar-refractivity contribution in [1.82, 2.24) is 4.98 Å². The van der Waals surface area contributed by atoms with Crippen LogP contribution in [0.1, 0.15) is 56.5 Å². The van der Waals surface area contributed by atoms with Crippen molar-refractivity contribution in [3.8, 4) is 22.4 Å². The number of benzene rings is 4. The zero-order chi connectivity index (χ0) is 28.1. The van der Waals surface area contributed by atoms with Gasteiger partial charge in [-0.25, -0.2) is 9.55 Å². The van der Waals surface area contributed by atoms with Crippen molar-refractivity contribution in [3.63, 3.8) is 0 Å². The summed E-state index contributed by atoms with van der Waals surface area (Å²) in [4.78, 5) is 4.68. The number of nitrogens with zero attached hydrogens (tertiary/aromatic N) is 2. The minimum Gasteiger partial charge on any atom is -0.437 e. The molecule has 3 aliphatic rings. The number of furan rings is 1. The van der Waals surface area contributed by atoms with Gasteiger partial charge in [0.2, 0.25) is 11.4 Å². The van der Waals surface area contributed by atoms with E-state index in [1.54, 1.807) is 0 Å². The van der Waals surface area contributed by atoms with E-state index in [9.17, 15) is 0 Å². The summed E-state index contributed by atoms with van der Waals surface area (Å²) in [6.07, 6.45) is 2.17. The molecule has 4 aromatic carbocycles. The van der Waals surface area contributed by atoms with Crippen molar-refractivity contribution < 1.29 is 8.98 Å². The van der Waals surface area contributed by atoms with Crippen LogP contribution in [-0.4, -0.2) is 4.98 Å². The molecule has 3 heterocycles. The van der Waals surface area contributed by atoms with Gasteiger partial charge in [0, 0.05) is 40.4 Å².